The van der Waals surface area contributed by atoms with E-state index in [9.17, 15) is 9.59 Å². The Hall–Kier alpha value is -2.08. The predicted molar refractivity (Wildman–Crippen MR) is 73.5 cm³/mol. The molecule has 6 heteroatoms. The average Bonchev–Trinajstić information content (AvgIpc) is 2.73. The Morgan fingerprint density at radius 2 is 1.95 bits per heavy atom. The smallest absolute Gasteiger partial charge is 0.323 e. The Bertz CT molecular complexity index is 629. The third-order valence-corrected chi connectivity index (χ3v) is 3.16. The molecule has 0 fully saturated rings. The molecule has 102 valence electrons. The lowest BCUT2D eigenvalue weighted by molar-refractivity contribution is -0.118. The summed E-state index contributed by atoms with van der Waals surface area (Å²) in [4.78, 5) is 27.2. The van der Waals surface area contributed by atoms with Crippen LogP contribution in [0.15, 0.2) is 23.0 Å². The molecular formula is C13H18N4O2. The fourth-order valence-corrected chi connectivity index (χ4v) is 2.11. The zero-order valence-corrected chi connectivity index (χ0v) is 10.6. The summed E-state index contributed by atoms with van der Waals surface area (Å²) in [6.45, 7) is 0. The Morgan fingerprint density at radius 3 is 2.68 bits per heavy atom. The third kappa shape index (κ3) is 3.45. The SMILES string of the molecule is NC(=O)CCCCC(N)c1ccc2[nH]c(=O)[nH]c2c1. The fourth-order valence-electron chi connectivity index (χ4n) is 2.11. The molecule has 0 radical (unpaired) electrons. The van der Waals surface area contributed by atoms with Gasteiger partial charge in [0.15, 0.2) is 0 Å². The highest BCUT2D eigenvalue weighted by molar-refractivity contribution is 5.75. The lowest BCUT2D eigenvalue weighted by Crippen LogP contribution is -2.12. The van der Waals surface area contributed by atoms with E-state index in [0.29, 0.717) is 6.42 Å². The van der Waals surface area contributed by atoms with Crippen LogP contribution in [0.5, 0.6) is 0 Å². The number of rotatable bonds is 6. The van der Waals surface area contributed by atoms with Crippen LogP contribution in [0.1, 0.15) is 37.3 Å². The zero-order chi connectivity index (χ0) is 13.8. The highest BCUT2D eigenvalue weighted by atomic mass is 16.1. The van der Waals surface area contributed by atoms with Crippen LogP contribution in [-0.2, 0) is 4.79 Å². The lowest BCUT2D eigenvalue weighted by atomic mass is 10.0. The molecule has 0 spiro atoms. The van der Waals surface area contributed by atoms with Crippen molar-refractivity contribution in [2.24, 2.45) is 11.5 Å². The van der Waals surface area contributed by atoms with E-state index in [-0.39, 0.29) is 17.6 Å². The summed E-state index contributed by atoms with van der Waals surface area (Å²) in [5.41, 5.74) is 13.5. The highest BCUT2D eigenvalue weighted by Gasteiger charge is 2.08. The van der Waals surface area contributed by atoms with E-state index < -0.39 is 0 Å². The summed E-state index contributed by atoms with van der Waals surface area (Å²) in [5.74, 6) is -0.278. The largest absolute Gasteiger partial charge is 0.370 e. The second kappa shape index (κ2) is 5.71. The molecule has 0 aliphatic rings. The maximum Gasteiger partial charge on any atom is 0.323 e. The van der Waals surface area contributed by atoms with Crippen molar-refractivity contribution in [3.8, 4) is 0 Å². The number of nitrogens with one attached hydrogen (secondary N) is 2. The Morgan fingerprint density at radius 1 is 1.21 bits per heavy atom. The Kier molecular flexibility index (Phi) is 4.01. The molecule has 6 nitrogen and oxygen atoms in total. The molecule has 0 saturated heterocycles. The van der Waals surface area contributed by atoms with Crippen LogP contribution in [0.4, 0.5) is 0 Å². The van der Waals surface area contributed by atoms with Gasteiger partial charge in [0.25, 0.3) is 0 Å². The van der Waals surface area contributed by atoms with E-state index in [4.69, 9.17) is 11.5 Å². The Balaban J connectivity index is 1.98. The lowest BCUT2D eigenvalue weighted by Gasteiger charge is -2.11. The summed E-state index contributed by atoms with van der Waals surface area (Å²) in [7, 11) is 0. The van der Waals surface area contributed by atoms with Gasteiger partial charge in [0.1, 0.15) is 0 Å². The molecule has 6 N–H and O–H groups in total. The number of primary amides is 1. The normalized spacial score (nSPS) is 12.7. The van der Waals surface area contributed by atoms with E-state index in [0.717, 1.165) is 35.9 Å². The number of carbonyl (C=O) groups is 1. The minimum atomic E-state index is -0.278. The van der Waals surface area contributed by atoms with Crippen molar-refractivity contribution >= 4 is 16.9 Å². The zero-order valence-electron chi connectivity index (χ0n) is 10.6. The third-order valence-electron chi connectivity index (χ3n) is 3.16. The summed E-state index contributed by atoms with van der Waals surface area (Å²) in [5, 5.41) is 0. The number of nitrogens with two attached hydrogens (primary N) is 2. The van der Waals surface area contributed by atoms with E-state index >= 15 is 0 Å². The van der Waals surface area contributed by atoms with Crippen molar-refractivity contribution in [2.45, 2.75) is 31.7 Å². The molecule has 0 aliphatic carbocycles. The van der Waals surface area contributed by atoms with Gasteiger partial charge in [-0.05, 0) is 30.5 Å². The number of carbonyl (C=O) groups excluding carboxylic acids is 1. The first-order chi connectivity index (χ1) is 9.06. The predicted octanol–water partition coefficient (Wildman–Crippen LogP) is 0.902. The number of aromatic amines is 2. The van der Waals surface area contributed by atoms with Crippen LogP contribution in [0.25, 0.3) is 11.0 Å². The molecule has 1 atom stereocenters. The van der Waals surface area contributed by atoms with Crippen LogP contribution in [0.2, 0.25) is 0 Å². The van der Waals surface area contributed by atoms with Crippen molar-refractivity contribution in [1.29, 1.82) is 0 Å². The number of imidazole rings is 1. The number of fused-ring (bicyclic) bond motifs is 1. The number of hydrogen-bond acceptors (Lipinski definition) is 3. The molecule has 19 heavy (non-hydrogen) atoms. The molecule has 0 aliphatic heterocycles. The molecule has 1 heterocycles. The van der Waals surface area contributed by atoms with Crippen molar-refractivity contribution in [3.63, 3.8) is 0 Å². The summed E-state index contributed by atoms with van der Waals surface area (Å²) in [6.07, 6.45) is 2.79. The number of unbranched alkanes of at least 4 members (excludes halogenated alkanes) is 1. The van der Waals surface area contributed by atoms with Crippen LogP contribution < -0.4 is 17.2 Å². The van der Waals surface area contributed by atoms with Gasteiger partial charge < -0.3 is 21.4 Å². The van der Waals surface area contributed by atoms with Crippen LogP contribution in [-0.4, -0.2) is 15.9 Å². The number of H-pyrrole nitrogens is 2. The van der Waals surface area contributed by atoms with Crippen molar-refractivity contribution in [2.75, 3.05) is 0 Å². The number of aromatic nitrogens is 2. The summed E-state index contributed by atoms with van der Waals surface area (Å²) < 4.78 is 0. The van der Waals surface area contributed by atoms with Crippen molar-refractivity contribution in [3.05, 3.63) is 34.2 Å². The maximum atomic E-state index is 11.2. The van der Waals surface area contributed by atoms with Crippen LogP contribution in [0, 0.1) is 0 Å². The van der Waals surface area contributed by atoms with Gasteiger partial charge in [-0.15, -0.1) is 0 Å². The maximum absolute atomic E-state index is 11.2. The summed E-state index contributed by atoms with van der Waals surface area (Å²) >= 11 is 0. The average molecular weight is 262 g/mol. The number of amides is 1. The minimum absolute atomic E-state index is 0.101. The molecular weight excluding hydrogens is 244 g/mol. The molecule has 1 aromatic heterocycles. The van der Waals surface area contributed by atoms with Gasteiger partial charge in [-0.1, -0.05) is 12.5 Å². The molecule has 2 rings (SSSR count). The van der Waals surface area contributed by atoms with E-state index in [1.807, 2.05) is 18.2 Å². The second-order valence-corrected chi connectivity index (χ2v) is 4.70. The standard InChI is InChI=1S/C13H18N4O2/c14-9(3-1-2-4-12(15)18)8-5-6-10-11(7-8)17-13(19)16-10/h5-7,9H,1-4,14H2,(H2,15,18)(H2,16,17,19). The van der Waals surface area contributed by atoms with Gasteiger partial charge in [0.2, 0.25) is 5.91 Å². The Labute approximate surface area is 110 Å². The molecule has 2 aromatic rings. The van der Waals surface area contributed by atoms with Gasteiger partial charge in [-0.2, -0.15) is 0 Å². The highest BCUT2D eigenvalue weighted by Crippen LogP contribution is 2.20. The van der Waals surface area contributed by atoms with E-state index in [1.54, 1.807) is 0 Å². The fraction of sp³-hybridized carbons (Fsp3) is 0.385. The molecule has 1 aromatic carbocycles. The van der Waals surface area contributed by atoms with Gasteiger partial charge in [-0.3, -0.25) is 4.79 Å². The summed E-state index contributed by atoms with van der Waals surface area (Å²) in [6, 6.07) is 5.53. The van der Waals surface area contributed by atoms with Gasteiger partial charge in [0, 0.05) is 12.5 Å². The number of benzene rings is 1. The minimum Gasteiger partial charge on any atom is -0.370 e. The first kappa shape index (κ1) is 13.4. The molecule has 0 saturated carbocycles. The quantitative estimate of drug-likeness (QED) is 0.579. The first-order valence-electron chi connectivity index (χ1n) is 6.32. The second-order valence-electron chi connectivity index (χ2n) is 4.70. The van der Waals surface area contributed by atoms with E-state index in [1.165, 1.54) is 0 Å². The topological polar surface area (TPSA) is 118 Å². The van der Waals surface area contributed by atoms with E-state index in [2.05, 4.69) is 9.97 Å². The van der Waals surface area contributed by atoms with Gasteiger partial charge in [-0.25, -0.2) is 4.79 Å². The molecule has 1 unspecified atom stereocenters. The van der Waals surface area contributed by atoms with Gasteiger partial charge >= 0.3 is 5.69 Å². The monoisotopic (exact) mass is 262 g/mol. The molecule has 1 amide bonds. The molecule has 0 bridgehead atoms. The van der Waals surface area contributed by atoms with Crippen LogP contribution >= 0.6 is 0 Å². The first-order valence-corrected chi connectivity index (χ1v) is 6.32. The number of hydrogen-bond donors (Lipinski definition) is 4. The van der Waals surface area contributed by atoms with Crippen molar-refractivity contribution < 1.29 is 4.79 Å². The van der Waals surface area contributed by atoms with Crippen LogP contribution in [0.3, 0.4) is 0 Å². The van der Waals surface area contributed by atoms with Gasteiger partial charge in [0.05, 0.1) is 11.0 Å². The van der Waals surface area contributed by atoms with Crippen molar-refractivity contribution in [1.82, 2.24) is 9.97 Å².